The van der Waals surface area contributed by atoms with Crippen LogP contribution < -0.4 is 22.3 Å². The molecular formula is C29H24N10O4S. The van der Waals surface area contributed by atoms with E-state index in [1.54, 1.807) is 61.7 Å². The van der Waals surface area contributed by atoms with Gasteiger partial charge in [0.25, 0.3) is 21.5 Å². The quantitative estimate of drug-likeness (QED) is 0.231. The first kappa shape index (κ1) is 28.3. The Morgan fingerprint density at radius 2 is 1.89 bits per heavy atom. The van der Waals surface area contributed by atoms with Crippen molar-refractivity contribution < 1.29 is 13.2 Å². The van der Waals surface area contributed by atoms with Crippen LogP contribution in [0.25, 0.3) is 22.2 Å². The lowest BCUT2D eigenvalue weighted by atomic mass is 10.1. The number of hydrogen-bond acceptors (Lipinski definition) is 10. The highest BCUT2D eigenvalue weighted by Gasteiger charge is 2.25. The van der Waals surface area contributed by atoms with Crippen LogP contribution in [0.15, 0.2) is 84.2 Å². The maximum Gasteiger partial charge on any atom is 0.267 e. The summed E-state index contributed by atoms with van der Waals surface area (Å²) in [6, 6.07) is 14.8. The monoisotopic (exact) mass is 608 g/mol. The van der Waals surface area contributed by atoms with Crippen molar-refractivity contribution in [2.45, 2.75) is 13.0 Å². The molecule has 4 aromatic heterocycles. The fraction of sp³-hybridized carbons (Fsp3) is 0.103. The molecule has 2 aromatic carbocycles. The minimum atomic E-state index is -3.78. The predicted octanol–water partition coefficient (Wildman–Crippen LogP) is 1.19. The average Bonchev–Trinajstić information content (AvgIpc) is 3.64. The van der Waals surface area contributed by atoms with Crippen molar-refractivity contribution in [3.63, 3.8) is 0 Å². The van der Waals surface area contributed by atoms with Gasteiger partial charge in [0, 0.05) is 18.0 Å². The molecule has 0 spiro atoms. The Morgan fingerprint density at radius 1 is 1.09 bits per heavy atom. The molecular weight excluding hydrogens is 584 g/mol. The van der Waals surface area contributed by atoms with E-state index in [4.69, 9.17) is 16.5 Å². The molecule has 1 atom stereocenters. The highest BCUT2D eigenvalue weighted by atomic mass is 32.2. The van der Waals surface area contributed by atoms with Crippen LogP contribution in [0, 0.1) is 11.8 Å². The number of carbonyl (C=O) groups is 1. The predicted molar refractivity (Wildman–Crippen MR) is 162 cm³/mol. The van der Waals surface area contributed by atoms with E-state index in [1.165, 1.54) is 27.7 Å². The molecule has 220 valence electrons. The number of anilines is 1. The number of amides is 1. The van der Waals surface area contributed by atoms with Gasteiger partial charge in [0.05, 0.1) is 40.6 Å². The molecule has 5 N–H and O–H groups in total. The summed E-state index contributed by atoms with van der Waals surface area (Å²) in [6.45, 7) is 1.71. The summed E-state index contributed by atoms with van der Waals surface area (Å²) >= 11 is 0. The second-order valence-electron chi connectivity index (χ2n) is 9.62. The molecule has 0 saturated carbocycles. The fourth-order valence-corrected chi connectivity index (χ4v) is 5.28. The summed E-state index contributed by atoms with van der Waals surface area (Å²) in [5.41, 5.74) is 12.9. The molecule has 6 rings (SSSR count). The van der Waals surface area contributed by atoms with Crippen LogP contribution >= 0.6 is 0 Å². The Morgan fingerprint density at radius 3 is 2.66 bits per heavy atom. The fourth-order valence-electron chi connectivity index (χ4n) is 4.66. The number of aromatic nitrogens is 7. The summed E-state index contributed by atoms with van der Waals surface area (Å²) in [5.74, 6) is 4.94. The van der Waals surface area contributed by atoms with Crippen LogP contribution in [-0.4, -0.2) is 53.5 Å². The van der Waals surface area contributed by atoms with Crippen LogP contribution in [0.5, 0.6) is 0 Å². The molecule has 0 aliphatic rings. The molecule has 14 nitrogen and oxygen atoms in total. The van der Waals surface area contributed by atoms with Gasteiger partial charge in [-0.25, -0.2) is 22.9 Å². The van der Waals surface area contributed by atoms with E-state index in [-0.39, 0.29) is 28.2 Å². The van der Waals surface area contributed by atoms with Gasteiger partial charge in [-0.3, -0.25) is 14.2 Å². The van der Waals surface area contributed by atoms with Crippen molar-refractivity contribution in [3.8, 4) is 17.5 Å². The number of fused-ring (bicyclic) bond motifs is 2. The average molecular weight is 609 g/mol. The Hall–Kier alpha value is -5.85. The van der Waals surface area contributed by atoms with Crippen molar-refractivity contribution >= 4 is 38.3 Å². The van der Waals surface area contributed by atoms with Crippen LogP contribution in [0.1, 0.15) is 40.3 Å². The number of nitrogens with zero attached hydrogens (tertiary/aromatic N) is 7. The van der Waals surface area contributed by atoms with E-state index in [1.807, 2.05) is 6.07 Å². The number of para-hydroxylation sites is 1. The first-order valence-electron chi connectivity index (χ1n) is 13.2. The molecule has 0 aliphatic carbocycles. The van der Waals surface area contributed by atoms with Crippen LogP contribution in [0.4, 0.5) is 5.82 Å². The number of nitrogens with one attached hydrogen (secondary N) is 1. The summed E-state index contributed by atoms with van der Waals surface area (Å²) < 4.78 is 27.6. The minimum absolute atomic E-state index is 0.00899. The Bertz CT molecular complexity index is 2300. The molecule has 15 heteroatoms. The zero-order valence-corrected chi connectivity index (χ0v) is 23.9. The normalized spacial score (nSPS) is 12.1. The van der Waals surface area contributed by atoms with Gasteiger partial charge in [-0.1, -0.05) is 36.1 Å². The van der Waals surface area contributed by atoms with E-state index in [2.05, 4.69) is 32.3 Å². The third-order valence-electron chi connectivity index (χ3n) is 6.72. The lowest BCUT2D eigenvalue weighted by Crippen LogP contribution is -2.33. The molecule has 44 heavy (non-hydrogen) atoms. The second kappa shape index (κ2) is 11.1. The number of nitrogens with two attached hydrogens (primary N) is 2. The van der Waals surface area contributed by atoms with Gasteiger partial charge >= 0.3 is 0 Å². The second-order valence-corrected chi connectivity index (χ2v) is 11.5. The number of carbonyl (C=O) groups excluding carboxylic acids is 1. The van der Waals surface area contributed by atoms with Crippen molar-refractivity contribution in [2.24, 2.45) is 5.73 Å². The smallest absolute Gasteiger partial charge is 0.267 e. The van der Waals surface area contributed by atoms with Gasteiger partial charge < -0.3 is 16.8 Å². The standard InChI is InChI=1S/C29H24N10O4S/c1-18(34-28(40)24-25(31)36-37-14-6-13-32-27(24)37)26-35-22-10-5-7-20(12-11-19-15-33-38(16-19)44(42,43)17-30)23(22)29(41)39(26)21-8-3-2-4-9-21/h2-10,13-16,18H,17,30H2,1H3,(H2,31,36)(H,34,40)/t18-/m0/s1. The maximum atomic E-state index is 14.2. The lowest BCUT2D eigenvalue weighted by molar-refractivity contribution is 0.0940. The third kappa shape index (κ3) is 5.04. The molecule has 0 bridgehead atoms. The van der Waals surface area contributed by atoms with Crippen molar-refractivity contribution in [2.75, 3.05) is 11.6 Å². The van der Waals surface area contributed by atoms with Crippen molar-refractivity contribution in [3.05, 3.63) is 112 Å². The topological polar surface area (TPSA) is 198 Å². The maximum absolute atomic E-state index is 14.2. The lowest BCUT2D eigenvalue weighted by Gasteiger charge is -2.20. The summed E-state index contributed by atoms with van der Waals surface area (Å²) in [5, 5.41) is 11.1. The van der Waals surface area contributed by atoms with E-state index in [9.17, 15) is 18.0 Å². The molecule has 0 aliphatic heterocycles. The summed E-state index contributed by atoms with van der Waals surface area (Å²) in [4.78, 5) is 36.6. The van der Waals surface area contributed by atoms with E-state index in [0.29, 0.717) is 22.3 Å². The van der Waals surface area contributed by atoms with Gasteiger partial charge in [0.2, 0.25) is 0 Å². The van der Waals surface area contributed by atoms with E-state index in [0.717, 1.165) is 4.09 Å². The first-order chi connectivity index (χ1) is 21.2. The highest BCUT2D eigenvalue weighted by Crippen LogP contribution is 2.22. The Labute approximate surface area is 250 Å². The van der Waals surface area contributed by atoms with Gasteiger partial charge in [0.1, 0.15) is 17.3 Å². The number of hydrogen-bond donors (Lipinski definition) is 3. The molecule has 0 radical (unpaired) electrons. The van der Waals surface area contributed by atoms with Gasteiger partial charge in [-0.15, -0.1) is 5.10 Å². The number of rotatable bonds is 6. The van der Waals surface area contributed by atoms with Crippen LogP contribution in [0.3, 0.4) is 0 Å². The van der Waals surface area contributed by atoms with Crippen molar-refractivity contribution in [1.82, 2.24) is 38.7 Å². The first-order valence-corrected chi connectivity index (χ1v) is 14.8. The van der Waals surface area contributed by atoms with E-state index < -0.39 is 33.4 Å². The molecule has 0 saturated heterocycles. The highest BCUT2D eigenvalue weighted by molar-refractivity contribution is 7.89. The molecule has 0 unspecified atom stereocenters. The Balaban J connectivity index is 1.45. The molecule has 4 heterocycles. The van der Waals surface area contributed by atoms with Gasteiger partial charge in [0.15, 0.2) is 11.5 Å². The number of nitrogen functional groups attached to an aromatic ring is 1. The van der Waals surface area contributed by atoms with Crippen LogP contribution in [0.2, 0.25) is 0 Å². The number of benzene rings is 2. The molecule has 0 fully saturated rings. The Kier molecular flexibility index (Phi) is 7.13. The summed E-state index contributed by atoms with van der Waals surface area (Å²) in [6.07, 6.45) is 5.70. The zero-order valence-electron chi connectivity index (χ0n) is 23.1. The van der Waals surface area contributed by atoms with Gasteiger partial charge in [-0.05, 0) is 37.3 Å². The third-order valence-corrected chi connectivity index (χ3v) is 7.91. The SMILES string of the molecule is C[C@H](NC(=O)c1c(N)nn2cccnc12)c1nc2cccc(C#Cc3cnn(S(=O)(=O)CN)c3)c2c(=O)n1-c1ccccc1. The van der Waals surface area contributed by atoms with Crippen molar-refractivity contribution in [1.29, 1.82) is 0 Å². The summed E-state index contributed by atoms with van der Waals surface area (Å²) in [7, 11) is -3.78. The van der Waals surface area contributed by atoms with E-state index >= 15 is 0 Å². The largest absolute Gasteiger partial charge is 0.381 e. The molecule has 1 amide bonds. The van der Waals surface area contributed by atoms with Crippen LogP contribution in [-0.2, 0) is 10.0 Å². The minimum Gasteiger partial charge on any atom is -0.381 e. The molecule has 6 aromatic rings. The van der Waals surface area contributed by atoms with Gasteiger partial charge in [-0.2, -0.15) is 9.19 Å². The zero-order chi connectivity index (χ0) is 31.0.